The Morgan fingerprint density at radius 3 is 2.74 bits per heavy atom. The predicted octanol–water partition coefficient (Wildman–Crippen LogP) is 5.47. The highest BCUT2D eigenvalue weighted by Crippen LogP contribution is 2.36. The Morgan fingerprint density at radius 1 is 1.42 bits per heavy atom. The molecule has 0 amide bonds. The Kier molecular flexibility index (Phi) is 5.67. The fourth-order valence-corrected chi connectivity index (χ4v) is 3.43. The average Bonchev–Trinajstić information content (AvgIpc) is 2.89. The SMILES string of the molecule is CCNC(CC1CCCC1)c1ccc(Br)c(Cl)c1F. The van der Waals surface area contributed by atoms with Crippen LogP contribution in [-0.2, 0) is 0 Å². The highest BCUT2D eigenvalue weighted by Gasteiger charge is 2.24. The topological polar surface area (TPSA) is 12.0 Å². The van der Waals surface area contributed by atoms with Crippen molar-refractivity contribution >= 4 is 27.5 Å². The highest BCUT2D eigenvalue weighted by molar-refractivity contribution is 9.10. The van der Waals surface area contributed by atoms with Crippen molar-refractivity contribution in [1.29, 1.82) is 0 Å². The molecule has 1 aliphatic carbocycles. The summed E-state index contributed by atoms with van der Waals surface area (Å²) in [5.74, 6) is 0.422. The first-order valence-electron chi connectivity index (χ1n) is 7.00. The molecule has 0 heterocycles. The minimum absolute atomic E-state index is 0.0682. The summed E-state index contributed by atoms with van der Waals surface area (Å²) in [7, 11) is 0. The fraction of sp³-hybridized carbons (Fsp3) is 0.600. The van der Waals surface area contributed by atoms with Crippen LogP contribution in [-0.4, -0.2) is 6.54 Å². The maximum atomic E-state index is 14.3. The molecule has 1 atom stereocenters. The Hall–Kier alpha value is -0.120. The normalized spacial score (nSPS) is 17.9. The molecule has 0 bridgehead atoms. The molecule has 4 heteroatoms. The molecule has 2 rings (SSSR count). The molecule has 0 saturated heterocycles. The summed E-state index contributed by atoms with van der Waals surface area (Å²) in [6, 6.07) is 3.74. The third-order valence-electron chi connectivity index (χ3n) is 3.93. The van der Waals surface area contributed by atoms with Crippen molar-refractivity contribution < 1.29 is 4.39 Å². The second-order valence-electron chi connectivity index (χ2n) is 5.26. The van der Waals surface area contributed by atoms with Crippen molar-refractivity contribution in [2.75, 3.05) is 6.54 Å². The van der Waals surface area contributed by atoms with Crippen LogP contribution in [0.15, 0.2) is 16.6 Å². The van der Waals surface area contributed by atoms with E-state index in [0.29, 0.717) is 16.0 Å². The van der Waals surface area contributed by atoms with Crippen LogP contribution in [0, 0.1) is 11.7 Å². The summed E-state index contributed by atoms with van der Waals surface area (Å²) in [5.41, 5.74) is 0.696. The van der Waals surface area contributed by atoms with Gasteiger partial charge in [0.05, 0.1) is 5.02 Å². The number of hydrogen-bond acceptors (Lipinski definition) is 1. The smallest absolute Gasteiger partial charge is 0.147 e. The number of nitrogens with one attached hydrogen (secondary N) is 1. The van der Waals surface area contributed by atoms with Crippen LogP contribution in [0.5, 0.6) is 0 Å². The lowest BCUT2D eigenvalue weighted by atomic mass is 9.93. The lowest BCUT2D eigenvalue weighted by molar-refractivity contribution is 0.391. The van der Waals surface area contributed by atoms with Gasteiger partial charge < -0.3 is 5.32 Å². The summed E-state index contributed by atoms with van der Waals surface area (Å²) < 4.78 is 14.9. The molecule has 1 N–H and O–H groups in total. The second kappa shape index (κ2) is 7.05. The van der Waals surface area contributed by atoms with Gasteiger partial charge in [0.1, 0.15) is 5.82 Å². The molecule has 1 aromatic carbocycles. The molecule has 1 fully saturated rings. The van der Waals surface area contributed by atoms with E-state index in [0.717, 1.165) is 13.0 Å². The van der Waals surface area contributed by atoms with E-state index in [1.54, 1.807) is 0 Å². The van der Waals surface area contributed by atoms with Crippen LogP contribution >= 0.6 is 27.5 Å². The van der Waals surface area contributed by atoms with Crippen molar-refractivity contribution in [3.63, 3.8) is 0 Å². The molecule has 1 nitrogen and oxygen atoms in total. The molecule has 19 heavy (non-hydrogen) atoms. The summed E-state index contributed by atoms with van der Waals surface area (Å²) in [6.07, 6.45) is 6.17. The highest BCUT2D eigenvalue weighted by atomic mass is 79.9. The molecule has 106 valence electrons. The van der Waals surface area contributed by atoms with Gasteiger partial charge in [0.15, 0.2) is 0 Å². The van der Waals surface area contributed by atoms with Crippen LogP contribution in [0.1, 0.15) is 50.6 Å². The first-order valence-corrected chi connectivity index (χ1v) is 8.17. The van der Waals surface area contributed by atoms with Crippen molar-refractivity contribution in [3.05, 3.63) is 33.0 Å². The third kappa shape index (κ3) is 3.71. The maximum Gasteiger partial charge on any atom is 0.147 e. The van der Waals surface area contributed by atoms with E-state index in [1.165, 1.54) is 25.7 Å². The van der Waals surface area contributed by atoms with E-state index < -0.39 is 0 Å². The zero-order chi connectivity index (χ0) is 13.8. The van der Waals surface area contributed by atoms with Gasteiger partial charge in [-0.3, -0.25) is 0 Å². The van der Waals surface area contributed by atoms with Crippen LogP contribution in [0.3, 0.4) is 0 Å². The average molecular weight is 349 g/mol. The molecule has 1 unspecified atom stereocenters. The van der Waals surface area contributed by atoms with Gasteiger partial charge in [0, 0.05) is 16.1 Å². The first-order chi connectivity index (χ1) is 9.13. The Bertz CT molecular complexity index is 432. The molecule has 0 aromatic heterocycles. The second-order valence-corrected chi connectivity index (χ2v) is 6.49. The molecule has 1 saturated carbocycles. The fourth-order valence-electron chi connectivity index (χ4n) is 2.96. The Balaban J connectivity index is 2.20. The van der Waals surface area contributed by atoms with E-state index in [2.05, 4.69) is 28.2 Å². The molecular formula is C15H20BrClFN. The Morgan fingerprint density at radius 2 is 2.11 bits per heavy atom. The van der Waals surface area contributed by atoms with E-state index in [1.807, 2.05) is 12.1 Å². The maximum absolute atomic E-state index is 14.3. The van der Waals surface area contributed by atoms with Crippen LogP contribution in [0.25, 0.3) is 0 Å². The summed E-state index contributed by atoms with van der Waals surface area (Å²) >= 11 is 9.26. The van der Waals surface area contributed by atoms with Gasteiger partial charge in [0.2, 0.25) is 0 Å². The van der Waals surface area contributed by atoms with Gasteiger partial charge in [-0.05, 0) is 40.9 Å². The van der Waals surface area contributed by atoms with Gasteiger partial charge in [0.25, 0.3) is 0 Å². The van der Waals surface area contributed by atoms with Crippen molar-refractivity contribution in [2.45, 2.75) is 45.1 Å². The van der Waals surface area contributed by atoms with Gasteiger partial charge in [-0.15, -0.1) is 0 Å². The van der Waals surface area contributed by atoms with Crippen molar-refractivity contribution in [2.24, 2.45) is 5.92 Å². The number of halogens is 3. The van der Waals surface area contributed by atoms with Crippen molar-refractivity contribution in [1.82, 2.24) is 5.32 Å². The van der Waals surface area contributed by atoms with Gasteiger partial charge in [-0.1, -0.05) is 50.3 Å². The quantitative estimate of drug-likeness (QED) is 0.695. The van der Waals surface area contributed by atoms with Crippen molar-refractivity contribution in [3.8, 4) is 0 Å². The molecule has 0 spiro atoms. The monoisotopic (exact) mass is 347 g/mol. The first kappa shape index (κ1) is 15.3. The van der Waals surface area contributed by atoms with E-state index in [-0.39, 0.29) is 16.9 Å². The summed E-state index contributed by atoms with van der Waals surface area (Å²) in [5, 5.41) is 3.59. The largest absolute Gasteiger partial charge is 0.310 e. The summed E-state index contributed by atoms with van der Waals surface area (Å²) in [4.78, 5) is 0. The molecule has 0 aliphatic heterocycles. The van der Waals surface area contributed by atoms with Gasteiger partial charge >= 0.3 is 0 Å². The minimum atomic E-state index is -0.292. The van der Waals surface area contributed by atoms with Crippen LogP contribution < -0.4 is 5.32 Å². The minimum Gasteiger partial charge on any atom is -0.310 e. The number of hydrogen-bond donors (Lipinski definition) is 1. The lowest BCUT2D eigenvalue weighted by Crippen LogP contribution is -2.24. The van der Waals surface area contributed by atoms with Crippen LogP contribution in [0.4, 0.5) is 4.39 Å². The molecule has 0 radical (unpaired) electrons. The molecule has 1 aromatic rings. The molecule has 1 aliphatic rings. The van der Waals surface area contributed by atoms with E-state index in [4.69, 9.17) is 11.6 Å². The Labute approximate surface area is 128 Å². The van der Waals surface area contributed by atoms with E-state index >= 15 is 0 Å². The number of rotatable bonds is 5. The lowest BCUT2D eigenvalue weighted by Gasteiger charge is -2.23. The third-order valence-corrected chi connectivity index (χ3v) is 5.19. The van der Waals surface area contributed by atoms with Crippen LogP contribution in [0.2, 0.25) is 5.02 Å². The zero-order valence-electron chi connectivity index (χ0n) is 11.2. The predicted molar refractivity (Wildman–Crippen MR) is 82.1 cm³/mol. The number of benzene rings is 1. The van der Waals surface area contributed by atoms with Gasteiger partial charge in [-0.25, -0.2) is 4.39 Å². The molecular weight excluding hydrogens is 329 g/mol. The van der Waals surface area contributed by atoms with E-state index in [9.17, 15) is 4.39 Å². The zero-order valence-corrected chi connectivity index (χ0v) is 13.5. The summed E-state index contributed by atoms with van der Waals surface area (Å²) in [6.45, 7) is 2.89. The standard InChI is InChI=1S/C15H20BrClFN/c1-2-19-13(9-10-5-3-4-6-10)11-7-8-12(16)14(17)15(11)18/h7-8,10,13,19H,2-6,9H2,1H3. The van der Waals surface area contributed by atoms with Gasteiger partial charge in [-0.2, -0.15) is 0 Å².